The molecule has 1 aromatic carbocycles. The Morgan fingerprint density at radius 2 is 1.94 bits per heavy atom. The molecule has 1 heterocycles. The van der Waals surface area contributed by atoms with Crippen LogP contribution in [-0.4, -0.2) is 34.5 Å². The first-order chi connectivity index (χ1) is 8.18. The van der Waals surface area contributed by atoms with E-state index >= 15 is 0 Å². The van der Waals surface area contributed by atoms with Crippen LogP contribution in [0, 0.1) is 0 Å². The molecule has 17 heavy (non-hydrogen) atoms. The summed E-state index contributed by atoms with van der Waals surface area (Å²) in [4.78, 5) is 17.7. The van der Waals surface area contributed by atoms with Gasteiger partial charge in [-0.2, -0.15) is 0 Å². The summed E-state index contributed by atoms with van der Waals surface area (Å²) in [6.45, 7) is 0. The van der Waals surface area contributed by atoms with Gasteiger partial charge < -0.3 is 0 Å². The van der Waals surface area contributed by atoms with Gasteiger partial charge in [-0.3, -0.25) is 0 Å². The van der Waals surface area contributed by atoms with Gasteiger partial charge in [-0.25, -0.2) is 0 Å². The van der Waals surface area contributed by atoms with Crippen molar-refractivity contribution in [2.24, 2.45) is 0 Å². The van der Waals surface area contributed by atoms with Gasteiger partial charge in [0.05, 0.1) is 0 Å². The Morgan fingerprint density at radius 3 is 2.53 bits per heavy atom. The molecule has 0 aliphatic carbocycles. The molecule has 1 amide bonds. The molecule has 4 heteroatoms. The van der Waals surface area contributed by atoms with Crippen molar-refractivity contribution in [3.8, 4) is 0 Å². The van der Waals surface area contributed by atoms with Crippen molar-refractivity contribution in [1.29, 1.82) is 0 Å². The molecule has 0 bridgehead atoms. The number of aromatic nitrogens is 1. The van der Waals surface area contributed by atoms with E-state index in [-0.39, 0.29) is 5.91 Å². The fraction of sp³-hybridized carbons (Fsp3) is 0.0769. The summed E-state index contributed by atoms with van der Waals surface area (Å²) < 4.78 is 1.18. The average Bonchev–Trinajstić information content (AvgIpc) is 2.39. The Bertz CT molecular complexity index is 511. The van der Waals surface area contributed by atoms with Gasteiger partial charge in [0, 0.05) is 0 Å². The van der Waals surface area contributed by atoms with Crippen LogP contribution in [0.15, 0.2) is 48.8 Å². The second-order valence-electron chi connectivity index (χ2n) is 3.65. The van der Waals surface area contributed by atoms with Gasteiger partial charge in [0.15, 0.2) is 0 Å². The molecule has 1 aromatic heterocycles. The Hall–Kier alpha value is -1.62. The number of hydrogen-bond donors (Lipinski definition) is 0. The third-order valence-corrected chi connectivity index (χ3v) is 3.17. The standard InChI is InChI=1S/C13H11GeN2O/c1-16(12-6-4-11(14)5-7-12)13(17)10-3-2-8-15-9-10/h2-9H,1H3. The molecule has 0 aliphatic rings. The van der Waals surface area contributed by atoms with Crippen LogP contribution in [0.5, 0.6) is 0 Å². The fourth-order valence-electron chi connectivity index (χ4n) is 1.49. The quantitative estimate of drug-likeness (QED) is 0.775. The van der Waals surface area contributed by atoms with Crippen LogP contribution in [-0.2, 0) is 0 Å². The molecular weight excluding hydrogens is 273 g/mol. The first-order valence-electron chi connectivity index (χ1n) is 5.18. The number of hydrogen-bond acceptors (Lipinski definition) is 2. The first-order valence-corrected chi connectivity index (χ1v) is 6.23. The molecule has 0 saturated carbocycles. The van der Waals surface area contributed by atoms with Crippen molar-refractivity contribution in [2.45, 2.75) is 0 Å². The zero-order chi connectivity index (χ0) is 12.3. The van der Waals surface area contributed by atoms with Crippen molar-refractivity contribution in [3.63, 3.8) is 0 Å². The Labute approximate surface area is 109 Å². The number of carbonyl (C=O) groups is 1. The zero-order valence-electron chi connectivity index (χ0n) is 9.42. The summed E-state index contributed by atoms with van der Waals surface area (Å²) in [7, 11) is 1.76. The van der Waals surface area contributed by atoms with Crippen LogP contribution in [0.3, 0.4) is 0 Å². The van der Waals surface area contributed by atoms with Gasteiger partial charge in [0.2, 0.25) is 0 Å². The molecule has 3 nitrogen and oxygen atoms in total. The Kier molecular flexibility index (Phi) is 3.59. The maximum absolute atomic E-state index is 12.1. The number of benzene rings is 1. The van der Waals surface area contributed by atoms with Crippen molar-refractivity contribution >= 4 is 32.5 Å². The van der Waals surface area contributed by atoms with Crippen LogP contribution in [0.2, 0.25) is 0 Å². The van der Waals surface area contributed by atoms with Gasteiger partial charge >= 0.3 is 109 Å². The third kappa shape index (κ3) is 2.74. The molecule has 3 radical (unpaired) electrons. The van der Waals surface area contributed by atoms with Crippen molar-refractivity contribution in [1.82, 2.24) is 4.98 Å². The third-order valence-electron chi connectivity index (χ3n) is 2.47. The normalized spacial score (nSPS) is 10.0. The van der Waals surface area contributed by atoms with E-state index < -0.39 is 0 Å². The Morgan fingerprint density at radius 1 is 1.24 bits per heavy atom. The molecular formula is C13H11GeN2O. The molecule has 2 rings (SSSR count). The molecule has 0 fully saturated rings. The molecule has 0 aliphatic heterocycles. The number of rotatable bonds is 2. The fourth-order valence-corrected chi connectivity index (χ4v) is 1.83. The molecule has 0 atom stereocenters. The van der Waals surface area contributed by atoms with Gasteiger partial charge in [-0.05, 0) is 0 Å². The van der Waals surface area contributed by atoms with Crippen molar-refractivity contribution < 1.29 is 4.79 Å². The van der Waals surface area contributed by atoms with Crippen molar-refractivity contribution in [2.75, 3.05) is 11.9 Å². The van der Waals surface area contributed by atoms with Crippen LogP contribution < -0.4 is 9.30 Å². The topological polar surface area (TPSA) is 33.2 Å². The molecule has 2 aromatic rings. The number of carbonyl (C=O) groups excluding carboxylic acids is 1. The minimum atomic E-state index is -0.0537. The van der Waals surface area contributed by atoms with E-state index in [2.05, 4.69) is 4.98 Å². The van der Waals surface area contributed by atoms with E-state index in [1.54, 1.807) is 36.5 Å². The number of amides is 1. The van der Waals surface area contributed by atoms with Crippen LogP contribution >= 0.6 is 0 Å². The van der Waals surface area contributed by atoms with Gasteiger partial charge in [-0.1, -0.05) is 0 Å². The minimum absolute atomic E-state index is 0.0537. The van der Waals surface area contributed by atoms with E-state index in [0.717, 1.165) is 5.69 Å². The predicted octanol–water partition coefficient (Wildman–Crippen LogP) is 1.15. The summed E-state index contributed by atoms with van der Waals surface area (Å²) in [5.41, 5.74) is 1.47. The molecule has 0 N–H and O–H groups in total. The van der Waals surface area contributed by atoms with Gasteiger partial charge in [0.25, 0.3) is 0 Å². The average molecular weight is 284 g/mol. The summed E-state index contributed by atoms with van der Waals surface area (Å²) in [6, 6.07) is 11.4. The van der Waals surface area contributed by atoms with E-state index in [9.17, 15) is 4.79 Å². The van der Waals surface area contributed by atoms with Crippen LogP contribution in [0.1, 0.15) is 10.4 Å². The SMILES string of the molecule is CN(C(=O)c1cccnc1)c1cc[c]([Ge])cc1. The molecule has 0 saturated heterocycles. The first kappa shape index (κ1) is 11.9. The summed E-state index contributed by atoms with van der Waals surface area (Å²) >= 11 is 2.02. The molecule has 0 spiro atoms. The number of nitrogens with zero attached hydrogens (tertiary/aromatic N) is 2. The Balaban J connectivity index is 2.23. The van der Waals surface area contributed by atoms with Gasteiger partial charge in [-0.15, -0.1) is 0 Å². The summed E-state index contributed by atoms with van der Waals surface area (Å²) in [5, 5.41) is 0. The maximum atomic E-state index is 12.1. The van der Waals surface area contributed by atoms with E-state index in [1.165, 1.54) is 4.40 Å². The van der Waals surface area contributed by atoms with E-state index in [4.69, 9.17) is 0 Å². The monoisotopic (exact) mass is 285 g/mol. The number of anilines is 1. The van der Waals surface area contributed by atoms with Crippen LogP contribution in [0.25, 0.3) is 0 Å². The predicted molar refractivity (Wildman–Crippen MR) is 68.8 cm³/mol. The van der Waals surface area contributed by atoms with E-state index in [1.807, 2.05) is 40.8 Å². The molecule has 83 valence electrons. The van der Waals surface area contributed by atoms with E-state index in [0.29, 0.717) is 5.56 Å². The summed E-state index contributed by atoms with van der Waals surface area (Å²) in [5.74, 6) is -0.0537. The number of pyridine rings is 1. The second kappa shape index (κ2) is 5.14. The van der Waals surface area contributed by atoms with Crippen molar-refractivity contribution in [3.05, 3.63) is 54.4 Å². The second-order valence-corrected chi connectivity index (χ2v) is 4.86. The molecule has 0 unspecified atom stereocenters. The summed E-state index contributed by atoms with van der Waals surface area (Å²) in [6.07, 6.45) is 3.23. The zero-order valence-corrected chi connectivity index (χ0v) is 11.5. The van der Waals surface area contributed by atoms with Gasteiger partial charge in [0.1, 0.15) is 0 Å². The van der Waals surface area contributed by atoms with Crippen LogP contribution in [0.4, 0.5) is 5.69 Å².